The van der Waals surface area contributed by atoms with Crippen LogP contribution in [0.1, 0.15) is 33.1 Å². The molecule has 1 fully saturated rings. The molecule has 0 aliphatic carbocycles. The van der Waals surface area contributed by atoms with Crippen molar-refractivity contribution in [2.24, 2.45) is 11.3 Å². The average molecular weight is 273 g/mol. The number of hydrogen-bond acceptors (Lipinski definition) is 4. The van der Waals surface area contributed by atoms with Crippen molar-refractivity contribution in [3.63, 3.8) is 0 Å². The summed E-state index contributed by atoms with van der Waals surface area (Å²) in [5.41, 5.74) is 8.55. The lowest BCUT2D eigenvalue weighted by Crippen LogP contribution is -2.25. The zero-order valence-corrected chi connectivity index (χ0v) is 12.5. The largest absolute Gasteiger partial charge is 0.439 e. The first-order chi connectivity index (χ1) is 9.43. The fourth-order valence-electron chi connectivity index (χ4n) is 2.96. The van der Waals surface area contributed by atoms with Gasteiger partial charge in [0, 0.05) is 6.54 Å². The number of nitrogens with zero attached hydrogens (tertiary/aromatic N) is 2. The molecule has 4 nitrogen and oxygen atoms in total. The Morgan fingerprint density at radius 3 is 2.85 bits per heavy atom. The Kier molecular flexibility index (Phi) is 3.21. The van der Waals surface area contributed by atoms with Gasteiger partial charge in [-0.2, -0.15) is 0 Å². The van der Waals surface area contributed by atoms with E-state index in [9.17, 15) is 0 Å². The lowest BCUT2D eigenvalue weighted by Gasteiger charge is -2.26. The second kappa shape index (κ2) is 4.77. The molecular weight excluding hydrogens is 250 g/mol. The van der Waals surface area contributed by atoms with Crippen LogP contribution in [0.2, 0.25) is 0 Å². The molecule has 0 spiro atoms. The van der Waals surface area contributed by atoms with Gasteiger partial charge in [-0.3, -0.25) is 4.90 Å². The number of para-hydroxylation sites is 1. The summed E-state index contributed by atoms with van der Waals surface area (Å²) in [6.07, 6.45) is 1.26. The highest BCUT2D eigenvalue weighted by atomic mass is 16.3. The third kappa shape index (κ3) is 2.52. The Balaban J connectivity index is 1.73. The first-order valence-electron chi connectivity index (χ1n) is 7.30. The van der Waals surface area contributed by atoms with Crippen molar-refractivity contribution >= 4 is 16.8 Å². The van der Waals surface area contributed by atoms with E-state index in [1.807, 2.05) is 18.2 Å². The normalized spacial score (nSPS) is 20.9. The first kappa shape index (κ1) is 13.4. The monoisotopic (exact) mass is 273 g/mol. The van der Waals surface area contributed by atoms with Crippen molar-refractivity contribution in [3.8, 4) is 0 Å². The van der Waals surface area contributed by atoms with Gasteiger partial charge in [0.25, 0.3) is 0 Å². The summed E-state index contributed by atoms with van der Waals surface area (Å²) in [5, 5.41) is 0. The Labute approximate surface area is 120 Å². The molecule has 1 aromatic heterocycles. The molecule has 1 atom stereocenters. The highest BCUT2D eigenvalue weighted by molar-refractivity contribution is 5.85. The molecular formula is C16H23N3O. The average Bonchev–Trinajstić information content (AvgIpc) is 2.96. The number of rotatable bonds is 2. The molecule has 1 aliphatic rings. The van der Waals surface area contributed by atoms with Crippen LogP contribution in [0.5, 0.6) is 0 Å². The fraction of sp³-hybridized carbons (Fsp3) is 0.562. The molecule has 3 rings (SSSR count). The minimum atomic E-state index is 0.375. The van der Waals surface area contributed by atoms with Crippen LogP contribution in [0, 0.1) is 11.3 Å². The molecule has 2 heterocycles. The fourth-order valence-corrected chi connectivity index (χ4v) is 2.96. The molecule has 4 heteroatoms. The van der Waals surface area contributed by atoms with Gasteiger partial charge in [-0.25, -0.2) is 4.98 Å². The van der Waals surface area contributed by atoms with E-state index in [1.54, 1.807) is 0 Å². The van der Waals surface area contributed by atoms with E-state index in [1.165, 1.54) is 6.42 Å². The molecule has 1 unspecified atom stereocenters. The van der Waals surface area contributed by atoms with Gasteiger partial charge in [0.15, 0.2) is 5.58 Å². The minimum absolute atomic E-state index is 0.375. The van der Waals surface area contributed by atoms with Crippen LogP contribution >= 0.6 is 0 Å². The van der Waals surface area contributed by atoms with Crippen LogP contribution in [0.25, 0.3) is 11.1 Å². The predicted molar refractivity (Wildman–Crippen MR) is 81.3 cm³/mol. The number of benzene rings is 1. The van der Waals surface area contributed by atoms with E-state index in [2.05, 4.69) is 30.7 Å². The van der Waals surface area contributed by atoms with Crippen molar-refractivity contribution in [1.29, 1.82) is 0 Å². The molecule has 1 saturated heterocycles. The van der Waals surface area contributed by atoms with E-state index < -0.39 is 0 Å². The van der Waals surface area contributed by atoms with Crippen LogP contribution in [0.15, 0.2) is 22.6 Å². The smallest absolute Gasteiger partial charge is 0.209 e. The Hall–Kier alpha value is -1.55. The number of oxazole rings is 1. The Bertz CT molecular complexity index is 612. The number of fused-ring (bicyclic) bond motifs is 1. The third-order valence-electron chi connectivity index (χ3n) is 4.35. The quantitative estimate of drug-likeness (QED) is 0.853. The molecule has 2 aromatic rings. The first-order valence-corrected chi connectivity index (χ1v) is 7.30. The van der Waals surface area contributed by atoms with Crippen molar-refractivity contribution in [3.05, 3.63) is 24.1 Å². The zero-order valence-electron chi connectivity index (χ0n) is 12.5. The lowest BCUT2D eigenvalue weighted by molar-refractivity contribution is 0.218. The number of aromatic nitrogens is 1. The molecule has 0 bridgehead atoms. The zero-order chi connectivity index (χ0) is 14.3. The van der Waals surface area contributed by atoms with Gasteiger partial charge in [-0.1, -0.05) is 26.8 Å². The van der Waals surface area contributed by atoms with Crippen LogP contribution in [-0.2, 0) is 6.54 Å². The summed E-state index contributed by atoms with van der Waals surface area (Å²) < 4.78 is 5.80. The molecule has 20 heavy (non-hydrogen) atoms. The van der Waals surface area contributed by atoms with E-state index in [0.29, 0.717) is 11.1 Å². The minimum Gasteiger partial charge on any atom is -0.439 e. The van der Waals surface area contributed by atoms with Crippen LogP contribution < -0.4 is 5.73 Å². The highest BCUT2D eigenvalue weighted by Gasteiger charge is 2.32. The summed E-state index contributed by atoms with van der Waals surface area (Å²) in [5.74, 6) is 1.52. The molecule has 108 valence electrons. The lowest BCUT2D eigenvalue weighted by atomic mass is 9.80. The molecule has 0 saturated carbocycles. The standard InChI is InChI=1S/C16H23N3O/c1-16(2,3)11-7-8-19(9-11)10-14-18-15-12(17)5-4-6-13(15)20-14/h4-6,11H,7-10,17H2,1-3H3. The molecule has 1 aliphatic heterocycles. The van der Waals surface area contributed by atoms with Gasteiger partial charge in [0.1, 0.15) is 5.52 Å². The highest BCUT2D eigenvalue weighted by Crippen LogP contribution is 2.34. The summed E-state index contributed by atoms with van der Waals surface area (Å²) >= 11 is 0. The van der Waals surface area contributed by atoms with Crippen molar-refractivity contribution in [2.75, 3.05) is 18.8 Å². The van der Waals surface area contributed by atoms with Crippen molar-refractivity contribution < 1.29 is 4.42 Å². The number of nitrogen functional groups attached to an aromatic ring is 1. The topological polar surface area (TPSA) is 55.3 Å². The Morgan fingerprint density at radius 1 is 1.40 bits per heavy atom. The number of hydrogen-bond donors (Lipinski definition) is 1. The Morgan fingerprint density at radius 2 is 2.20 bits per heavy atom. The summed E-state index contributed by atoms with van der Waals surface area (Å²) in [7, 11) is 0. The van der Waals surface area contributed by atoms with Gasteiger partial charge < -0.3 is 10.2 Å². The van der Waals surface area contributed by atoms with Gasteiger partial charge in [-0.05, 0) is 36.4 Å². The summed E-state index contributed by atoms with van der Waals surface area (Å²) in [6, 6.07) is 5.68. The maximum atomic E-state index is 5.92. The van der Waals surface area contributed by atoms with Gasteiger partial charge >= 0.3 is 0 Å². The molecule has 1 aromatic carbocycles. The van der Waals surface area contributed by atoms with Gasteiger partial charge in [-0.15, -0.1) is 0 Å². The van der Waals surface area contributed by atoms with Gasteiger partial charge in [0.05, 0.1) is 12.2 Å². The number of anilines is 1. The second-order valence-electron chi connectivity index (χ2n) is 6.89. The molecule has 0 amide bonds. The van der Waals surface area contributed by atoms with E-state index in [-0.39, 0.29) is 0 Å². The molecule has 2 N–H and O–H groups in total. The maximum Gasteiger partial charge on any atom is 0.209 e. The van der Waals surface area contributed by atoms with Crippen LogP contribution in [0.4, 0.5) is 5.69 Å². The summed E-state index contributed by atoms with van der Waals surface area (Å²) in [4.78, 5) is 6.96. The second-order valence-corrected chi connectivity index (χ2v) is 6.89. The number of nitrogens with two attached hydrogens (primary N) is 1. The SMILES string of the molecule is CC(C)(C)C1CCN(Cc2nc3c(N)cccc3o2)C1. The summed E-state index contributed by atoms with van der Waals surface area (Å²) in [6.45, 7) is 9.98. The number of likely N-dealkylation sites (tertiary alicyclic amines) is 1. The molecule has 0 radical (unpaired) electrons. The van der Waals surface area contributed by atoms with E-state index >= 15 is 0 Å². The van der Waals surface area contributed by atoms with E-state index in [4.69, 9.17) is 10.2 Å². The maximum absolute atomic E-state index is 5.92. The van der Waals surface area contributed by atoms with Crippen molar-refractivity contribution in [1.82, 2.24) is 9.88 Å². The van der Waals surface area contributed by atoms with Crippen LogP contribution in [-0.4, -0.2) is 23.0 Å². The predicted octanol–water partition coefficient (Wildman–Crippen LogP) is 3.28. The van der Waals surface area contributed by atoms with Crippen LogP contribution in [0.3, 0.4) is 0 Å². The third-order valence-corrected chi connectivity index (χ3v) is 4.35. The van der Waals surface area contributed by atoms with Gasteiger partial charge in [0.2, 0.25) is 5.89 Å². The van der Waals surface area contributed by atoms with E-state index in [0.717, 1.165) is 42.5 Å². The van der Waals surface area contributed by atoms with Crippen molar-refractivity contribution in [2.45, 2.75) is 33.7 Å².